The van der Waals surface area contributed by atoms with Crippen molar-refractivity contribution >= 4 is 35.5 Å². The maximum absolute atomic E-state index is 11.2. The first-order valence-corrected chi connectivity index (χ1v) is 7.25. The second-order valence-electron chi connectivity index (χ2n) is 4.27. The molecular weight excluding hydrogens is 327 g/mol. The van der Waals surface area contributed by atoms with E-state index in [1.54, 1.807) is 36.7 Å². The number of aromatic nitrogens is 2. The van der Waals surface area contributed by atoms with Gasteiger partial charge in [-0.2, -0.15) is 10.2 Å². The summed E-state index contributed by atoms with van der Waals surface area (Å²) < 4.78 is 6.25. The van der Waals surface area contributed by atoms with Crippen molar-refractivity contribution in [2.45, 2.75) is 13.8 Å². The monoisotopic (exact) mass is 340 g/mol. The molecule has 1 aromatic carbocycles. The largest absolute Gasteiger partial charge is 0.449 e. The molecule has 1 N–H and O–H groups in total. The van der Waals surface area contributed by atoms with Crippen LogP contribution in [0.15, 0.2) is 29.4 Å². The Bertz CT molecular complexity index is 713. The molecule has 0 saturated carbocycles. The molecule has 1 aromatic heterocycles. The molecule has 0 aliphatic carbocycles. The van der Waals surface area contributed by atoms with Gasteiger partial charge in [-0.15, -0.1) is 0 Å². The van der Waals surface area contributed by atoms with Gasteiger partial charge in [0.25, 0.3) is 0 Å². The van der Waals surface area contributed by atoms with Crippen molar-refractivity contribution in [3.63, 3.8) is 0 Å². The Balaban J connectivity index is 2.24. The van der Waals surface area contributed by atoms with Crippen LogP contribution >= 0.6 is 23.2 Å². The van der Waals surface area contributed by atoms with E-state index in [9.17, 15) is 4.79 Å². The molecule has 0 aliphatic rings. The predicted molar refractivity (Wildman–Crippen MR) is 86.1 cm³/mol. The number of carbonyl (C=O) groups is 1. The SMILES string of the molecule is CCOC(=O)NN=Cc1c(C)nn(-c2cccc(Cl)c2)c1Cl. The van der Waals surface area contributed by atoms with Crippen molar-refractivity contribution in [2.75, 3.05) is 6.61 Å². The highest BCUT2D eigenvalue weighted by Gasteiger charge is 2.13. The first-order valence-electron chi connectivity index (χ1n) is 6.49. The quantitative estimate of drug-likeness (QED) is 0.683. The van der Waals surface area contributed by atoms with Crippen LogP contribution in [0.25, 0.3) is 5.69 Å². The Morgan fingerprint density at radius 1 is 1.50 bits per heavy atom. The molecule has 0 unspecified atom stereocenters. The molecular formula is C14H14Cl2N4O2. The number of amides is 1. The summed E-state index contributed by atoms with van der Waals surface area (Å²) in [4.78, 5) is 11.2. The summed E-state index contributed by atoms with van der Waals surface area (Å²) in [6.07, 6.45) is 0.789. The van der Waals surface area contributed by atoms with Crippen LogP contribution < -0.4 is 5.43 Å². The van der Waals surface area contributed by atoms with Crippen molar-refractivity contribution in [3.8, 4) is 5.69 Å². The Morgan fingerprint density at radius 2 is 2.27 bits per heavy atom. The second-order valence-corrected chi connectivity index (χ2v) is 5.07. The molecule has 0 saturated heterocycles. The smallest absolute Gasteiger partial charge is 0.427 e. The number of hydrogen-bond donors (Lipinski definition) is 1. The van der Waals surface area contributed by atoms with Gasteiger partial charge in [-0.25, -0.2) is 14.9 Å². The van der Waals surface area contributed by atoms with E-state index in [0.29, 0.717) is 21.4 Å². The van der Waals surface area contributed by atoms with Gasteiger partial charge in [0.05, 0.1) is 29.8 Å². The van der Waals surface area contributed by atoms with Crippen LogP contribution in [0.3, 0.4) is 0 Å². The lowest BCUT2D eigenvalue weighted by atomic mass is 10.3. The van der Waals surface area contributed by atoms with Crippen molar-refractivity contribution in [1.29, 1.82) is 0 Å². The lowest BCUT2D eigenvalue weighted by molar-refractivity contribution is 0.152. The van der Waals surface area contributed by atoms with E-state index in [0.717, 1.165) is 5.69 Å². The third-order valence-corrected chi connectivity index (χ3v) is 3.32. The van der Waals surface area contributed by atoms with Crippen LogP contribution in [0, 0.1) is 6.92 Å². The van der Waals surface area contributed by atoms with Crippen LogP contribution in [-0.4, -0.2) is 28.7 Å². The Kier molecular flexibility index (Phi) is 5.41. The van der Waals surface area contributed by atoms with Gasteiger partial charge < -0.3 is 4.74 Å². The number of benzene rings is 1. The van der Waals surface area contributed by atoms with Gasteiger partial charge in [-0.05, 0) is 32.0 Å². The molecule has 0 atom stereocenters. The minimum absolute atomic E-state index is 0.272. The molecule has 0 aliphatic heterocycles. The van der Waals surface area contributed by atoms with Crippen molar-refractivity contribution in [3.05, 3.63) is 45.7 Å². The normalized spacial score (nSPS) is 10.9. The second kappa shape index (κ2) is 7.29. The van der Waals surface area contributed by atoms with Gasteiger partial charge in [-0.1, -0.05) is 29.3 Å². The van der Waals surface area contributed by atoms with Crippen molar-refractivity contribution in [1.82, 2.24) is 15.2 Å². The zero-order chi connectivity index (χ0) is 16.1. The number of hydrazone groups is 1. The fourth-order valence-electron chi connectivity index (χ4n) is 1.75. The zero-order valence-corrected chi connectivity index (χ0v) is 13.5. The molecule has 6 nitrogen and oxygen atoms in total. The van der Waals surface area contributed by atoms with Gasteiger partial charge in [0.2, 0.25) is 0 Å². The van der Waals surface area contributed by atoms with E-state index in [1.165, 1.54) is 6.21 Å². The third kappa shape index (κ3) is 3.78. The summed E-state index contributed by atoms with van der Waals surface area (Å²) >= 11 is 12.3. The number of nitrogens with one attached hydrogen (secondary N) is 1. The van der Waals surface area contributed by atoms with Crippen molar-refractivity contribution < 1.29 is 9.53 Å². The minimum atomic E-state index is -0.630. The number of nitrogens with zero attached hydrogens (tertiary/aromatic N) is 3. The molecule has 1 amide bonds. The van der Waals surface area contributed by atoms with E-state index in [2.05, 4.69) is 15.6 Å². The lowest BCUT2D eigenvalue weighted by Gasteiger charge is -2.03. The Morgan fingerprint density at radius 3 is 2.95 bits per heavy atom. The average Bonchev–Trinajstić information content (AvgIpc) is 2.75. The predicted octanol–water partition coefficient (Wildman–Crippen LogP) is 3.57. The van der Waals surface area contributed by atoms with Crippen LogP contribution in [0.2, 0.25) is 10.2 Å². The van der Waals surface area contributed by atoms with Gasteiger partial charge in [-0.3, -0.25) is 0 Å². The first-order chi connectivity index (χ1) is 10.5. The highest BCUT2D eigenvalue weighted by molar-refractivity contribution is 6.32. The molecule has 0 spiro atoms. The van der Waals surface area contributed by atoms with E-state index in [1.807, 2.05) is 6.07 Å². The molecule has 2 aromatic rings. The number of rotatable bonds is 4. The van der Waals surface area contributed by atoms with Crippen LogP contribution in [-0.2, 0) is 4.74 Å². The maximum atomic E-state index is 11.2. The molecule has 2 rings (SSSR count). The standard InChI is InChI=1S/C14H14Cl2N4O2/c1-3-22-14(21)18-17-8-12-9(2)19-20(13(12)16)11-6-4-5-10(15)7-11/h4-8H,3H2,1-2H3,(H,18,21). The molecule has 116 valence electrons. The van der Waals surface area contributed by atoms with Gasteiger partial charge >= 0.3 is 6.09 Å². The topological polar surface area (TPSA) is 68.5 Å². The van der Waals surface area contributed by atoms with Crippen LogP contribution in [0.1, 0.15) is 18.2 Å². The summed E-state index contributed by atoms with van der Waals surface area (Å²) in [6.45, 7) is 3.77. The number of ether oxygens (including phenoxy) is 1. The number of halogens is 2. The fourth-order valence-corrected chi connectivity index (χ4v) is 2.26. The van der Waals surface area contributed by atoms with Crippen LogP contribution in [0.4, 0.5) is 4.79 Å². The van der Waals surface area contributed by atoms with Gasteiger partial charge in [0, 0.05) is 5.02 Å². The molecule has 8 heteroatoms. The van der Waals surface area contributed by atoms with Crippen LogP contribution in [0.5, 0.6) is 0 Å². The van der Waals surface area contributed by atoms with E-state index in [-0.39, 0.29) is 6.61 Å². The van der Waals surface area contributed by atoms with E-state index >= 15 is 0 Å². The average molecular weight is 341 g/mol. The molecule has 0 radical (unpaired) electrons. The molecule has 1 heterocycles. The number of hydrogen-bond acceptors (Lipinski definition) is 4. The first kappa shape index (κ1) is 16.3. The molecule has 0 bridgehead atoms. The fraction of sp³-hybridized carbons (Fsp3) is 0.214. The lowest BCUT2D eigenvalue weighted by Crippen LogP contribution is -2.18. The number of aryl methyl sites for hydroxylation is 1. The highest BCUT2D eigenvalue weighted by atomic mass is 35.5. The summed E-state index contributed by atoms with van der Waals surface area (Å²) in [5.41, 5.74) is 4.23. The summed E-state index contributed by atoms with van der Waals surface area (Å²) in [6, 6.07) is 7.15. The Labute approximate surface area is 137 Å². The van der Waals surface area contributed by atoms with Crippen molar-refractivity contribution in [2.24, 2.45) is 5.10 Å². The summed E-state index contributed by atoms with van der Waals surface area (Å²) in [5, 5.41) is 9.09. The molecule has 22 heavy (non-hydrogen) atoms. The summed E-state index contributed by atoms with van der Waals surface area (Å²) in [5.74, 6) is 0. The van der Waals surface area contributed by atoms with Gasteiger partial charge in [0.1, 0.15) is 5.15 Å². The van der Waals surface area contributed by atoms with E-state index < -0.39 is 6.09 Å². The maximum Gasteiger partial charge on any atom is 0.427 e. The highest BCUT2D eigenvalue weighted by Crippen LogP contribution is 2.23. The third-order valence-electron chi connectivity index (χ3n) is 2.73. The number of carbonyl (C=O) groups excluding carboxylic acids is 1. The van der Waals surface area contributed by atoms with E-state index in [4.69, 9.17) is 27.9 Å². The Hall–Kier alpha value is -2.05. The zero-order valence-electron chi connectivity index (χ0n) is 12.0. The summed E-state index contributed by atoms with van der Waals surface area (Å²) in [7, 11) is 0. The molecule has 0 fully saturated rings. The minimum Gasteiger partial charge on any atom is -0.449 e. The van der Waals surface area contributed by atoms with Gasteiger partial charge in [0.15, 0.2) is 0 Å².